The second kappa shape index (κ2) is 11.9. The molecule has 160 valence electrons. The molecule has 0 aromatic heterocycles. The van der Waals surface area contributed by atoms with E-state index in [4.69, 9.17) is 14.2 Å². The number of nitrogens with one attached hydrogen (secondary N) is 2. The zero-order valence-electron chi connectivity index (χ0n) is 17.3. The van der Waals surface area contributed by atoms with Crippen molar-refractivity contribution < 1.29 is 19.0 Å². The fourth-order valence-electron chi connectivity index (χ4n) is 2.61. The van der Waals surface area contributed by atoms with E-state index in [2.05, 4.69) is 15.8 Å². The van der Waals surface area contributed by atoms with Crippen LogP contribution in [-0.4, -0.2) is 32.6 Å². The molecule has 0 aliphatic heterocycles. The lowest BCUT2D eigenvalue weighted by molar-refractivity contribution is 0.247. The van der Waals surface area contributed by atoms with E-state index in [9.17, 15) is 4.79 Å². The molecule has 0 bridgehead atoms. The molecule has 3 rings (SSSR count). The molecule has 0 unspecified atom stereocenters. The molecule has 0 saturated carbocycles. The molecule has 0 aliphatic carbocycles. The maximum absolute atomic E-state index is 11.8. The van der Waals surface area contributed by atoms with Crippen LogP contribution >= 0.6 is 0 Å². The standard InChI is InChI=1S/C24H25N3O4/c1-29-21-12-14-23(15-13-21)31-17-5-16-30-22-10-8-19(9-11-22)18-25-27-24(28)26-20-6-3-2-4-7-20/h2-4,6-15,18H,5,16-17H2,1H3,(H2,26,27,28). The Labute approximate surface area is 181 Å². The maximum atomic E-state index is 11.8. The van der Waals surface area contributed by atoms with Gasteiger partial charge in [0.15, 0.2) is 0 Å². The average molecular weight is 419 g/mol. The molecule has 0 fully saturated rings. The summed E-state index contributed by atoms with van der Waals surface area (Å²) in [5.41, 5.74) is 3.97. The van der Waals surface area contributed by atoms with Gasteiger partial charge >= 0.3 is 6.03 Å². The van der Waals surface area contributed by atoms with Crippen molar-refractivity contribution in [1.29, 1.82) is 0 Å². The number of benzene rings is 3. The van der Waals surface area contributed by atoms with Gasteiger partial charge in [0.2, 0.25) is 0 Å². The number of para-hydroxylation sites is 1. The molecule has 7 heteroatoms. The van der Waals surface area contributed by atoms with Gasteiger partial charge in [-0.3, -0.25) is 0 Å². The molecule has 3 aromatic rings. The number of hydrogen-bond acceptors (Lipinski definition) is 5. The first-order valence-corrected chi connectivity index (χ1v) is 9.88. The van der Waals surface area contributed by atoms with Gasteiger partial charge in [0.05, 0.1) is 26.5 Å². The van der Waals surface area contributed by atoms with E-state index >= 15 is 0 Å². The summed E-state index contributed by atoms with van der Waals surface area (Å²) < 4.78 is 16.5. The minimum Gasteiger partial charge on any atom is -0.497 e. The molecule has 7 nitrogen and oxygen atoms in total. The van der Waals surface area contributed by atoms with E-state index < -0.39 is 6.03 Å². The van der Waals surface area contributed by atoms with Gasteiger partial charge in [0.1, 0.15) is 17.2 Å². The van der Waals surface area contributed by atoms with Gasteiger partial charge in [0, 0.05) is 12.1 Å². The van der Waals surface area contributed by atoms with Crippen molar-refractivity contribution in [2.45, 2.75) is 6.42 Å². The molecule has 0 radical (unpaired) electrons. The normalized spacial score (nSPS) is 10.5. The fraction of sp³-hybridized carbons (Fsp3) is 0.167. The second-order valence-electron chi connectivity index (χ2n) is 6.49. The van der Waals surface area contributed by atoms with Gasteiger partial charge in [-0.05, 0) is 66.2 Å². The summed E-state index contributed by atoms with van der Waals surface area (Å²) in [4.78, 5) is 11.8. The van der Waals surface area contributed by atoms with E-state index in [0.29, 0.717) is 18.9 Å². The molecule has 2 amide bonds. The molecule has 0 aliphatic rings. The van der Waals surface area contributed by atoms with Crippen LogP contribution in [0.1, 0.15) is 12.0 Å². The van der Waals surface area contributed by atoms with Crippen LogP contribution in [-0.2, 0) is 0 Å². The van der Waals surface area contributed by atoms with Crippen molar-refractivity contribution in [3.63, 3.8) is 0 Å². The van der Waals surface area contributed by atoms with Gasteiger partial charge in [-0.2, -0.15) is 5.10 Å². The highest BCUT2D eigenvalue weighted by atomic mass is 16.5. The first-order chi connectivity index (χ1) is 15.2. The van der Waals surface area contributed by atoms with E-state index in [-0.39, 0.29) is 0 Å². The number of nitrogens with zero attached hydrogens (tertiary/aromatic N) is 1. The summed E-state index contributed by atoms with van der Waals surface area (Å²) in [6.45, 7) is 1.11. The summed E-state index contributed by atoms with van der Waals surface area (Å²) in [6.07, 6.45) is 2.33. The SMILES string of the molecule is COc1ccc(OCCCOc2ccc(C=NNC(=O)Nc3ccccc3)cc2)cc1. The third-order valence-electron chi connectivity index (χ3n) is 4.18. The Balaban J connectivity index is 1.33. The summed E-state index contributed by atoms with van der Waals surface area (Å²) >= 11 is 0. The Morgan fingerprint density at radius 2 is 1.42 bits per heavy atom. The Morgan fingerprint density at radius 3 is 2.03 bits per heavy atom. The number of anilines is 1. The average Bonchev–Trinajstić information content (AvgIpc) is 2.81. The van der Waals surface area contributed by atoms with Crippen molar-refractivity contribution in [3.8, 4) is 17.2 Å². The lowest BCUT2D eigenvalue weighted by Gasteiger charge is -2.08. The third kappa shape index (κ3) is 7.74. The number of carbonyl (C=O) groups is 1. The number of ether oxygens (including phenoxy) is 3. The van der Waals surface area contributed by atoms with Crippen molar-refractivity contribution in [2.24, 2.45) is 5.10 Å². The first kappa shape index (κ1) is 21.7. The van der Waals surface area contributed by atoms with E-state index in [1.54, 1.807) is 25.5 Å². The number of amides is 2. The molecule has 0 atom stereocenters. The number of rotatable bonds is 10. The lowest BCUT2D eigenvalue weighted by atomic mass is 10.2. The monoisotopic (exact) mass is 419 g/mol. The number of carbonyl (C=O) groups excluding carboxylic acids is 1. The zero-order chi connectivity index (χ0) is 21.7. The van der Waals surface area contributed by atoms with Crippen LogP contribution in [0.4, 0.5) is 10.5 Å². The largest absolute Gasteiger partial charge is 0.497 e. The van der Waals surface area contributed by atoms with Gasteiger partial charge in [-0.25, -0.2) is 10.2 Å². The van der Waals surface area contributed by atoms with Crippen LogP contribution in [0.25, 0.3) is 0 Å². The zero-order valence-corrected chi connectivity index (χ0v) is 17.3. The highest BCUT2D eigenvalue weighted by Gasteiger charge is 1.99. The molecule has 2 N–H and O–H groups in total. The molecule has 3 aromatic carbocycles. The quantitative estimate of drug-likeness (QED) is 0.284. The topological polar surface area (TPSA) is 81.2 Å². The minimum atomic E-state index is -0.403. The number of methoxy groups -OCH3 is 1. The maximum Gasteiger partial charge on any atom is 0.339 e. The molecular weight excluding hydrogens is 394 g/mol. The Morgan fingerprint density at radius 1 is 0.839 bits per heavy atom. The van der Waals surface area contributed by atoms with Crippen LogP contribution in [0.2, 0.25) is 0 Å². The highest BCUT2D eigenvalue weighted by Crippen LogP contribution is 2.17. The van der Waals surface area contributed by atoms with E-state index in [1.807, 2.05) is 66.7 Å². The summed E-state index contributed by atoms with van der Waals surface area (Å²) in [5.74, 6) is 2.36. The molecular formula is C24H25N3O4. The van der Waals surface area contributed by atoms with Gasteiger partial charge in [0.25, 0.3) is 0 Å². The minimum absolute atomic E-state index is 0.403. The Kier molecular flexibility index (Phi) is 8.31. The number of urea groups is 1. The van der Waals surface area contributed by atoms with Crippen LogP contribution in [0, 0.1) is 0 Å². The van der Waals surface area contributed by atoms with Crippen LogP contribution in [0.3, 0.4) is 0 Å². The van der Waals surface area contributed by atoms with Crippen LogP contribution < -0.4 is 25.0 Å². The summed E-state index contributed by atoms with van der Waals surface area (Å²) in [7, 11) is 1.63. The van der Waals surface area contributed by atoms with Crippen molar-refractivity contribution >= 4 is 17.9 Å². The highest BCUT2D eigenvalue weighted by molar-refractivity contribution is 5.90. The number of hydrogen-bond donors (Lipinski definition) is 2. The van der Waals surface area contributed by atoms with Crippen molar-refractivity contribution in [3.05, 3.63) is 84.4 Å². The summed E-state index contributed by atoms with van der Waals surface area (Å²) in [6, 6.07) is 23.7. The third-order valence-corrected chi connectivity index (χ3v) is 4.18. The predicted molar refractivity (Wildman–Crippen MR) is 121 cm³/mol. The van der Waals surface area contributed by atoms with Crippen LogP contribution in [0.5, 0.6) is 17.2 Å². The summed E-state index contributed by atoms with van der Waals surface area (Å²) in [5, 5.41) is 6.63. The van der Waals surface area contributed by atoms with E-state index in [0.717, 1.165) is 29.2 Å². The second-order valence-corrected chi connectivity index (χ2v) is 6.49. The Hall–Kier alpha value is -4.00. The fourth-order valence-corrected chi connectivity index (χ4v) is 2.61. The first-order valence-electron chi connectivity index (χ1n) is 9.88. The number of hydrazone groups is 1. The molecule has 0 spiro atoms. The molecule has 31 heavy (non-hydrogen) atoms. The lowest BCUT2D eigenvalue weighted by Crippen LogP contribution is -2.24. The smallest absolute Gasteiger partial charge is 0.339 e. The van der Waals surface area contributed by atoms with Crippen LogP contribution in [0.15, 0.2) is 84.0 Å². The van der Waals surface area contributed by atoms with Crippen molar-refractivity contribution in [1.82, 2.24) is 5.43 Å². The molecule has 0 heterocycles. The van der Waals surface area contributed by atoms with Gasteiger partial charge in [-0.1, -0.05) is 18.2 Å². The molecule has 0 saturated heterocycles. The Bertz CT molecular complexity index is 958. The van der Waals surface area contributed by atoms with Gasteiger partial charge in [-0.15, -0.1) is 0 Å². The van der Waals surface area contributed by atoms with E-state index in [1.165, 1.54) is 0 Å². The predicted octanol–water partition coefficient (Wildman–Crippen LogP) is 4.70. The van der Waals surface area contributed by atoms with Crippen molar-refractivity contribution in [2.75, 3.05) is 25.6 Å². The van der Waals surface area contributed by atoms with Gasteiger partial charge < -0.3 is 19.5 Å².